The molecule has 22 heavy (non-hydrogen) atoms. The van der Waals surface area contributed by atoms with E-state index >= 15 is 0 Å². The summed E-state index contributed by atoms with van der Waals surface area (Å²) in [7, 11) is 0. The Bertz CT molecular complexity index is 730. The lowest BCUT2D eigenvalue weighted by Crippen LogP contribution is -1.94. The molecule has 0 aliphatic rings. The average Bonchev–Trinajstić information content (AvgIpc) is 2.52. The van der Waals surface area contributed by atoms with Crippen LogP contribution in [0, 0.1) is 25.5 Å². The Kier molecular flexibility index (Phi) is 3.76. The van der Waals surface area contributed by atoms with E-state index < -0.39 is 11.6 Å². The Balaban J connectivity index is 2.08. The predicted molar refractivity (Wildman–Crippen MR) is 86.7 cm³/mol. The third kappa shape index (κ3) is 2.64. The van der Waals surface area contributed by atoms with E-state index in [1.54, 1.807) is 36.4 Å². The fourth-order valence-corrected chi connectivity index (χ4v) is 2.46. The largest absolute Gasteiger partial charge is 0.203 e. The first kappa shape index (κ1) is 14.5. The summed E-state index contributed by atoms with van der Waals surface area (Å²) in [6, 6.07) is 18.0. The minimum absolute atomic E-state index is 0.286. The molecule has 3 aromatic carbocycles. The number of benzene rings is 3. The van der Waals surface area contributed by atoms with Crippen molar-refractivity contribution in [2.45, 2.75) is 13.8 Å². The summed E-state index contributed by atoms with van der Waals surface area (Å²) < 4.78 is 28.9. The Morgan fingerprint density at radius 3 is 1.14 bits per heavy atom. The Labute approximate surface area is 129 Å². The van der Waals surface area contributed by atoms with Crippen molar-refractivity contribution in [3.63, 3.8) is 0 Å². The Morgan fingerprint density at radius 1 is 0.500 bits per heavy atom. The van der Waals surface area contributed by atoms with E-state index in [1.165, 1.54) is 0 Å². The highest BCUT2D eigenvalue weighted by atomic mass is 19.2. The third-order valence-electron chi connectivity index (χ3n) is 3.81. The zero-order valence-electron chi connectivity index (χ0n) is 12.5. The summed E-state index contributed by atoms with van der Waals surface area (Å²) in [5.41, 5.74) is 4.10. The maximum Gasteiger partial charge on any atom is 0.167 e. The van der Waals surface area contributed by atoms with Crippen molar-refractivity contribution in [1.82, 2.24) is 0 Å². The van der Waals surface area contributed by atoms with Crippen molar-refractivity contribution in [3.05, 3.63) is 83.4 Å². The average molecular weight is 294 g/mol. The number of aryl methyl sites for hydroxylation is 2. The quantitative estimate of drug-likeness (QED) is 0.550. The van der Waals surface area contributed by atoms with Gasteiger partial charge in [0.25, 0.3) is 0 Å². The van der Waals surface area contributed by atoms with E-state index in [9.17, 15) is 8.78 Å². The summed E-state index contributed by atoms with van der Waals surface area (Å²) in [6.45, 7) is 3.92. The summed E-state index contributed by atoms with van der Waals surface area (Å²) >= 11 is 0. The summed E-state index contributed by atoms with van der Waals surface area (Å²) in [4.78, 5) is 0. The molecule has 0 heterocycles. The van der Waals surface area contributed by atoms with Crippen molar-refractivity contribution in [3.8, 4) is 22.3 Å². The van der Waals surface area contributed by atoms with Gasteiger partial charge in [0, 0.05) is 11.1 Å². The van der Waals surface area contributed by atoms with Crippen LogP contribution in [-0.4, -0.2) is 0 Å². The second-order valence-electron chi connectivity index (χ2n) is 5.52. The normalized spacial score (nSPS) is 10.7. The van der Waals surface area contributed by atoms with Crippen molar-refractivity contribution in [2.75, 3.05) is 0 Å². The first-order valence-electron chi connectivity index (χ1n) is 7.18. The van der Waals surface area contributed by atoms with E-state index in [2.05, 4.69) is 0 Å². The van der Waals surface area contributed by atoms with Gasteiger partial charge in [-0.25, -0.2) is 8.78 Å². The molecule has 0 spiro atoms. The molecule has 0 atom stereocenters. The highest BCUT2D eigenvalue weighted by molar-refractivity contribution is 5.72. The Hall–Kier alpha value is -2.48. The first-order valence-corrected chi connectivity index (χ1v) is 7.18. The molecule has 0 nitrogen and oxygen atoms in total. The van der Waals surface area contributed by atoms with E-state index in [0.717, 1.165) is 11.1 Å². The van der Waals surface area contributed by atoms with Crippen LogP contribution in [0.4, 0.5) is 8.78 Å². The maximum atomic E-state index is 14.4. The van der Waals surface area contributed by atoms with Gasteiger partial charge in [0.15, 0.2) is 11.6 Å². The maximum absolute atomic E-state index is 14.4. The van der Waals surface area contributed by atoms with Gasteiger partial charge in [0.1, 0.15) is 0 Å². The van der Waals surface area contributed by atoms with E-state index in [4.69, 9.17) is 0 Å². The van der Waals surface area contributed by atoms with Crippen LogP contribution < -0.4 is 0 Å². The van der Waals surface area contributed by atoms with Gasteiger partial charge >= 0.3 is 0 Å². The lowest BCUT2D eigenvalue weighted by atomic mass is 9.98. The highest BCUT2D eigenvalue weighted by Gasteiger charge is 2.15. The van der Waals surface area contributed by atoms with Gasteiger partial charge in [0.2, 0.25) is 0 Å². The number of halogens is 2. The lowest BCUT2D eigenvalue weighted by Gasteiger charge is -2.09. The van der Waals surface area contributed by atoms with Crippen LogP contribution in [0.5, 0.6) is 0 Å². The highest BCUT2D eigenvalue weighted by Crippen LogP contribution is 2.31. The van der Waals surface area contributed by atoms with Crippen molar-refractivity contribution in [2.24, 2.45) is 0 Å². The molecule has 0 aliphatic carbocycles. The molecule has 2 heteroatoms. The van der Waals surface area contributed by atoms with Crippen LogP contribution in [0.15, 0.2) is 60.7 Å². The van der Waals surface area contributed by atoms with Crippen LogP contribution in [0.3, 0.4) is 0 Å². The number of hydrogen-bond donors (Lipinski definition) is 0. The first-order chi connectivity index (χ1) is 10.6. The number of rotatable bonds is 2. The van der Waals surface area contributed by atoms with Gasteiger partial charge in [0.05, 0.1) is 0 Å². The van der Waals surface area contributed by atoms with Gasteiger partial charge in [-0.15, -0.1) is 0 Å². The Morgan fingerprint density at radius 2 is 0.818 bits per heavy atom. The van der Waals surface area contributed by atoms with Crippen LogP contribution in [0.1, 0.15) is 11.1 Å². The van der Waals surface area contributed by atoms with E-state index in [-0.39, 0.29) is 11.1 Å². The van der Waals surface area contributed by atoms with E-state index in [0.29, 0.717) is 11.1 Å². The zero-order chi connectivity index (χ0) is 15.7. The molecule has 3 rings (SSSR count). The molecule has 0 saturated carbocycles. The molecule has 3 aromatic rings. The van der Waals surface area contributed by atoms with Crippen LogP contribution in [-0.2, 0) is 0 Å². The molecule has 0 bridgehead atoms. The third-order valence-corrected chi connectivity index (χ3v) is 3.81. The van der Waals surface area contributed by atoms with Gasteiger partial charge < -0.3 is 0 Å². The minimum Gasteiger partial charge on any atom is -0.203 e. The molecule has 0 saturated heterocycles. The van der Waals surface area contributed by atoms with E-state index in [1.807, 2.05) is 38.1 Å². The standard InChI is InChI=1S/C20H16F2/c1-13-3-7-15(8-4-13)17-11-12-18(20(22)19(17)21)16-9-5-14(2)6-10-16/h3-12H,1-2H3. The van der Waals surface area contributed by atoms with Crippen molar-refractivity contribution < 1.29 is 8.78 Å². The van der Waals surface area contributed by atoms with Crippen LogP contribution >= 0.6 is 0 Å². The fourth-order valence-electron chi connectivity index (χ4n) is 2.46. The monoisotopic (exact) mass is 294 g/mol. The molecule has 0 aromatic heterocycles. The summed E-state index contributed by atoms with van der Waals surface area (Å²) in [6.07, 6.45) is 0. The smallest absolute Gasteiger partial charge is 0.167 e. The van der Waals surface area contributed by atoms with Gasteiger partial charge in [-0.1, -0.05) is 71.8 Å². The van der Waals surface area contributed by atoms with Gasteiger partial charge in [-0.3, -0.25) is 0 Å². The lowest BCUT2D eigenvalue weighted by molar-refractivity contribution is 0.514. The molecule has 0 aliphatic heterocycles. The molecule has 0 fully saturated rings. The second kappa shape index (κ2) is 5.72. The predicted octanol–water partition coefficient (Wildman–Crippen LogP) is 5.92. The molecular weight excluding hydrogens is 278 g/mol. The van der Waals surface area contributed by atoms with Gasteiger partial charge in [-0.2, -0.15) is 0 Å². The molecule has 0 N–H and O–H groups in total. The number of hydrogen-bond acceptors (Lipinski definition) is 0. The van der Waals surface area contributed by atoms with Crippen LogP contribution in [0.2, 0.25) is 0 Å². The second-order valence-corrected chi connectivity index (χ2v) is 5.52. The van der Waals surface area contributed by atoms with Crippen molar-refractivity contribution >= 4 is 0 Å². The fraction of sp³-hybridized carbons (Fsp3) is 0.100. The molecule has 0 unspecified atom stereocenters. The van der Waals surface area contributed by atoms with Gasteiger partial charge in [-0.05, 0) is 25.0 Å². The minimum atomic E-state index is -0.804. The zero-order valence-corrected chi connectivity index (χ0v) is 12.5. The molecule has 0 amide bonds. The molecular formula is C20H16F2. The topological polar surface area (TPSA) is 0 Å². The summed E-state index contributed by atoms with van der Waals surface area (Å²) in [5, 5.41) is 0. The molecule has 0 radical (unpaired) electrons. The molecule has 110 valence electrons. The summed E-state index contributed by atoms with van der Waals surface area (Å²) in [5.74, 6) is -1.61. The van der Waals surface area contributed by atoms with Crippen LogP contribution in [0.25, 0.3) is 22.3 Å². The van der Waals surface area contributed by atoms with Crippen molar-refractivity contribution in [1.29, 1.82) is 0 Å². The SMILES string of the molecule is Cc1ccc(-c2ccc(-c3ccc(C)cc3)c(F)c2F)cc1.